The maximum absolute atomic E-state index is 8.59. The molecule has 18 heavy (non-hydrogen) atoms. The zero-order valence-corrected chi connectivity index (χ0v) is 10.1. The Morgan fingerprint density at radius 2 is 2.00 bits per heavy atom. The minimum Gasteiger partial charge on any atom is -0.392 e. The molecule has 0 bridgehead atoms. The van der Waals surface area contributed by atoms with E-state index in [-0.39, 0.29) is 6.61 Å². The number of hydrogen-bond acceptors (Lipinski definition) is 2. The molecule has 0 saturated heterocycles. The van der Waals surface area contributed by atoms with Crippen molar-refractivity contribution in [1.29, 1.82) is 0 Å². The molecule has 0 spiro atoms. The summed E-state index contributed by atoms with van der Waals surface area (Å²) >= 11 is 0. The van der Waals surface area contributed by atoms with Gasteiger partial charge in [0.1, 0.15) is 5.82 Å². The van der Waals surface area contributed by atoms with E-state index in [0.29, 0.717) is 0 Å². The average molecular weight is 240 g/mol. The lowest BCUT2D eigenvalue weighted by Crippen LogP contribution is -1.90. The lowest BCUT2D eigenvalue weighted by Gasteiger charge is -1.99. The third-order valence-corrected chi connectivity index (χ3v) is 2.55. The molecule has 92 valence electrons. The van der Waals surface area contributed by atoms with Crippen LogP contribution in [0.3, 0.4) is 0 Å². The SMILES string of the molecule is OCC=CC=Cc1ccc(Cc2ncc[nH]2)cc1. The summed E-state index contributed by atoms with van der Waals surface area (Å²) in [5, 5.41) is 8.59. The van der Waals surface area contributed by atoms with Crippen molar-refractivity contribution in [1.82, 2.24) is 9.97 Å². The third-order valence-electron chi connectivity index (χ3n) is 2.55. The Balaban J connectivity index is 1.97. The summed E-state index contributed by atoms with van der Waals surface area (Å²) in [6, 6.07) is 8.33. The number of benzene rings is 1. The molecule has 0 radical (unpaired) electrons. The molecule has 2 rings (SSSR count). The van der Waals surface area contributed by atoms with Crippen LogP contribution in [-0.4, -0.2) is 21.7 Å². The van der Waals surface area contributed by atoms with Crippen molar-refractivity contribution in [2.24, 2.45) is 0 Å². The van der Waals surface area contributed by atoms with E-state index in [0.717, 1.165) is 17.8 Å². The van der Waals surface area contributed by atoms with Gasteiger partial charge >= 0.3 is 0 Å². The molecule has 2 aromatic rings. The molecular formula is C15H16N2O. The Hall–Kier alpha value is -2.13. The Kier molecular flexibility index (Phi) is 4.50. The highest BCUT2D eigenvalue weighted by molar-refractivity contribution is 5.51. The summed E-state index contributed by atoms with van der Waals surface area (Å²) in [6.45, 7) is 0.0758. The fourth-order valence-electron chi connectivity index (χ4n) is 1.64. The van der Waals surface area contributed by atoms with Gasteiger partial charge in [-0.25, -0.2) is 4.98 Å². The number of aliphatic hydroxyl groups is 1. The average Bonchev–Trinajstić information content (AvgIpc) is 2.89. The molecule has 0 fully saturated rings. The minimum absolute atomic E-state index is 0.0758. The molecule has 0 unspecified atom stereocenters. The fourth-order valence-corrected chi connectivity index (χ4v) is 1.64. The van der Waals surface area contributed by atoms with Crippen LogP contribution in [-0.2, 0) is 6.42 Å². The maximum Gasteiger partial charge on any atom is 0.110 e. The molecule has 0 aliphatic carbocycles. The van der Waals surface area contributed by atoms with Crippen molar-refractivity contribution in [2.75, 3.05) is 6.61 Å². The number of nitrogens with one attached hydrogen (secondary N) is 1. The zero-order chi connectivity index (χ0) is 12.6. The van der Waals surface area contributed by atoms with E-state index < -0.39 is 0 Å². The molecule has 0 amide bonds. The van der Waals surface area contributed by atoms with Crippen molar-refractivity contribution in [3.8, 4) is 0 Å². The number of aromatic amines is 1. The van der Waals surface area contributed by atoms with Gasteiger partial charge in [0, 0.05) is 18.8 Å². The summed E-state index contributed by atoms with van der Waals surface area (Å²) in [5.41, 5.74) is 2.37. The Morgan fingerprint density at radius 3 is 2.67 bits per heavy atom. The van der Waals surface area contributed by atoms with Gasteiger partial charge < -0.3 is 10.1 Å². The second-order valence-corrected chi connectivity index (χ2v) is 3.92. The van der Waals surface area contributed by atoms with Crippen LogP contribution in [0.15, 0.2) is 54.9 Å². The van der Waals surface area contributed by atoms with Gasteiger partial charge in [0.15, 0.2) is 0 Å². The largest absolute Gasteiger partial charge is 0.392 e. The van der Waals surface area contributed by atoms with Gasteiger partial charge in [-0.1, -0.05) is 48.6 Å². The molecule has 0 atom stereocenters. The molecular weight excluding hydrogens is 224 g/mol. The highest BCUT2D eigenvalue weighted by atomic mass is 16.2. The van der Waals surface area contributed by atoms with Crippen LogP contribution in [0.1, 0.15) is 17.0 Å². The van der Waals surface area contributed by atoms with Crippen LogP contribution in [0.4, 0.5) is 0 Å². The first-order valence-electron chi connectivity index (χ1n) is 5.90. The summed E-state index contributed by atoms with van der Waals surface area (Å²) in [7, 11) is 0. The number of allylic oxidation sites excluding steroid dienone is 2. The Bertz CT molecular complexity index is 510. The topological polar surface area (TPSA) is 48.9 Å². The first-order chi connectivity index (χ1) is 8.88. The van der Waals surface area contributed by atoms with Crippen molar-refractivity contribution < 1.29 is 5.11 Å². The molecule has 0 saturated carbocycles. The molecule has 1 aromatic heterocycles. The lowest BCUT2D eigenvalue weighted by atomic mass is 10.1. The van der Waals surface area contributed by atoms with Crippen molar-refractivity contribution in [3.05, 3.63) is 71.8 Å². The van der Waals surface area contributed by atoms with Gasteiger partial charge in [-0.2, -0.15) is 0 Å². The van der Waals surface area contributed by atoms with E-state index in [9.17, 15) is 0 Å². The number of aromatic nitrogens is 2. The van der Waals surface area contributed by atoms with Gasteiger partial charge in [0.05, 0.1) is 6.61 Å². The molecule has 0 aliphatic rings. The van der Waals surface area contributed by atoms with Gasteiger partial charge in [0.25, 0.3) is 0 Å². The highest BCUT2D eigenvalue weighted by Gasteiger charge is 1.97. The van der Waals surface area contributed by atoms with E-state index in [1.807, 2.05) is 24.4 Å². The summed E-state index contributed by atoms with van der Waals surface area (Å²) in [5.74, 6) is 0.976. The summed E-state index contributed by atoms with van der Waals surface area (Å²) in [6.07, 6.45) is 11.9. The smallest absolute Gasteiger partial charge is 0.110 e. The lowest BCUT2D eigenvalue weighted by molar-refractivity contribution is 0.343. The van der Waals surface area contributed by atoms with Crippen LogP contribution in [0, 0.1) is 0 Å². The second kappa shape index (κ2) is 6.57. The molecule has 1 aromatic carbocycles. The van der Waals surface area contributed by atoms with Crippen LogP contribution in [0.25, 0.3) is 6.08 Å². The van der Waals surface area contributed by atoms with Crippen LogP contribution < -0.4 is 0 Å². The monoisotopic (exact) mass is 240 g/mol. The first-order valence-corrected chi connectivity index (χ1v) is 5.90. The highest BCUT2D eigenvalue weighted by Crippen LogP contribution is 2.09. The van der Waals surface area contributed by atoms with Crippen molar-refractivity contribution in [3.63, 3.8) is 0 Å². The number of H-pyrrole nitrogens is 1. The molecule has 1 heterocycles. The minimum atomic E-state index is 0.0758. The van der Waals surface area contributed by atoms with Gasteiger partial charge in [-0.05, 0) is 11.1 Å². The molecule has 3 heteroatoms. The van der Waals surface area contributed by atoms with E-state index in [1.54, 1.807) is 12.3 Å². The van der Waals surface area contributed by atoms with Crippen molar-refractivity contribution >= 4 is 6.08 Å². The molecule has 3 nitrogen and oxygen atoms in total. The summed E-state index contributed by atoms with van der Waals surface area (Å²) in [4.78, 5) is 7.29. The van der Waals surface area contributed by atoms with Gasteiger partial charge in [-0.15, -0.1) is 0 Å². The normalized spacial score (nSPS) is 11.6. The predicted octanol–water partition coefficient (Wildman–Crippen LogP) is 2.56. The van der Waals surface area contributed by atoms with Crippen LogP contribution >= 0.6 is 0 Å². The standard InChI is InChI=1S/C15H16N2O/c18-11-3-1-2-4-13-5-7-14(8-6-13)12-15-16-9-10-17-15/h1-10,18H,11-12H2,(H,16,17). The summed E-state index contributed by atoms with van der Waals surface area (Å²) < 4.78 is 0. The predicted molar refractivity (Wildman–Crippen MR) is 73.1 cm³/mol. The van der Waals surface area contributed by atoms with E-state index in [1.165, 1.54) is 5.56 Å². The number of nitrogens with zero attached hydrogens (tertiary/aromatic N) is 1. The molecule has 2 N–H and O–H groups in total. The quantitative estimate of drug-likeness (QED) is 0.789. The van der Waals surface area contributed by atoms with Crippen LogP contribution in [0.5, 0.6) is 0 Å². The maximum atomic E-state index is 8.59. The van der Waals surface area contributed by atoms with E-state index >= 15 is 0 Å². The van der Waals surface area contributed by atoms with E-state index in [4.69, 9.17) is 5.11 Å². The number of rotatable bonds is 5. The number of imidazole rings is 1. The molecule has 0 aliphatic heterocycles. The zero-order valence-electron chi connectivity index (χ0n) is 10.1. The number of hydrogen-bond donors (Lipinski definition) is 2. The third kappa shape index (κ3) is 3.71. The van der Waals surface area contributed by atoms with Gasteiger partial charge in [0.2, 0.25) is 0 Å². The number of aliphatic hydroxyl groups excluding tert-OH is 1. The fraction of sp³-hybridized carbons (Fsp3) is 0.133. The van der Waals surface area contributed by atoms with Gasteiger partial charge in [-0.3, -0.25) is 0 Å². The van der Waals surface area contributed by atoms with Crippen molar-refractivity contribution in [2.45, 2.75) is 6.42 Å². The van der Waals surface area contributed by atoms with Crippen LogP contribution in [0.2, 0.25) is 0 Å². The second-order valence-electron chi connectivity index (χ2n) is 3.92. The Labute approximate surface area is 107 Å². The van der Waals surface area contributed by atoms with E-state index in [2.05, 4.69) is 34.2 Å². The first kappa shape index (κ1) is 12.3. The Morgan fingerprint density at radius 1 is 1.17 bits per heavy atom.